The highest BCUT2D eigenvalue weighted by Crippen LogP contribution is 2.10. The van der Waals surface area contributed by atoms with E-state index in [9.17, 15) is 4.79 Å². The number of ether oxygens (including phenoxy) is 2. The summed E-state index contributed by atoms with van der Waals surface area (Å²) < 4.78 is 10.2. The fourth-order valence-electron chi connectivity index (χ4n) is 3.58. The van der Waals surface area contributed by atoms with E-state index in [4.69, 9.17) is 9.47 Å². The summed E-state index contributed by atoms with van der Waals surface area (Å²) >= 11 is 0. The Kier molecular flexibility index (Phi) is 25.2. The van der Waals surface area contributed by atoms with Crippen LogP contribution in [0.4, 0.5) is 4.79 Å². The van der Waals surface area contributed by atoms with Gasteiger partial charge in [-0.1, -0.05) is 116 Å². The molecule has 0 spiro atoms. The fourth-order valence-corrected chi connectivity index (χ4v) is 3.58. The predicted octanol–water partition coefficient (Wildman–Crippen LogP) is 9.54. The van der Waals surface area contributed by atoms with Gasteiger partial charge in [-0.15, -0.1) is 0 Å². The third-order valence-corrected chi connectivity index (χ3v) is 5.59. The van der Waals surface area contributed by atoms with Gasteiger partial charge in [-0.25, -0.2) is 4.79 Å². The van der Waals surface area contributed by atoms with Crippen LogP contribution in [0.1, 0.15) is 142 Å². The van der Waals surface area contributed by atoms with Crippen molar-refractivity contribution in [3.63, 3.8) is 0 Å². The second-order valence-corrected chi connectivity index (χ2v) is 8.65. The molecule has 178 valence electrons. The van der Waals surface area contributed by atoms with Gasteiger partial charge in [-0.05, 0) is 38.5 Å². The molecule has 0 saturated heterocycles. The van der Waals surface area contributed by atoms with Crippen LogP contribution in [-0.4, -0.2) is 19.4 Å². The first-order valence-electron chi connectivity index (χ1n) is 13.3. The monoisotopic (exact) mass is 424 g/mol. The molecule has 0 bridgehead atoms. The van der Waals surface area contributed by atoms with Crippen LogP contribution in [0.5, 0.6) is 0 Å². The molecule has 0 radical (unpaired) electrons. The smallest absolute Gasteiger partial charge is 0.434 e. The zero-order valence-corrected chi connectivity index (χ0v) is 20.4. The van der Waals surface area contributed by atoms with Gasteiger partial charge in [0.1, 0.15) is 0 Å². The van der Waals surface area contributed by atoms with E-state index in [-0.39, 0.29) is 0 Å². The fraction of sp³-hybridized carbons (Fsp3) is 0.889. The van der Waals surface area contributed by atoms with Crippen molar-refractivity contribution >= 4 is 6.16 Å². The van der Waals surface area contributed by atoms with Crippen molar-refractivity contribution in [2.24, 2.45) is 0 Å². The number of carbonyl (C=O) groups is 1. The summed E-state index contributed by atoms with van der Waals surface area (Å²) in [5.74, 6) is 0. The summed E-state index contributed by atoms with van der Waals surface area (Å²) in [6.45, 7) is 5.49. The molecule has 3 nitrogen and oxygen atoms in total. The minimum Gasteiger partial charge on any atom is -0.434 e. The van der Waals surface area contributed by atoms with E-state index < -0.39 is 6.16 Å². The van der Waals surface area contributed by atoms with Gasteiger partial charge in [0.05, 0.1) is 13.2 Å². The molecule has 0 amide bonds. The molecule has 0 aliphatic heterocycles. The van der Waals surface area contributed by atoms with E-state index in [2.05, 4.69) is 26.0 Å². The van der Waals surface area contributed by atoms with Crippen LogP contribution >= 0.6 is 0 Å². The molecule has 0 aliphatic carbocycles. The summed E-state index contributed by atoms with van der Waals surface area (Å²) in [6, 6.07) is 0. The number of hydrogen-bond donors (Lipinski definition) is 0. The van der Waals surface area contributed by atoms with E-state index in [0.717, 1.165) is 25.7 Å². The Morgan fingerprint density at radius 3 is 1.23 bits per heavy atom. The molecule has 0 aliphatic rings. The lowest BCUT2D eigenvalue weighted by Gasteiger charge is -2.06. The minimum absolute atomic E-state index is 0.490. The molecular weight excluding hydrogens is 372 g/mol. The highest BCUT2D eigenvalue weighted by Gasteiger charge is 2.03. The van der Waals surface area contributed by atoms with Gasteiger partial charge in [-0.3, -0.25) is 0 Å². The summed E-state index contributed by atoms with van der Waals surface area (Å²) in [5, 5.41) is 0. The molecular formula is C27H52O3. The lowest BCUT2D eigenvalue weighted by atomic mass is 10.1. The van der Waals surface area contributed by atoms with Crippen molar-refractivity contribution in [1.29, 1.82) is 0 Å². The van der Waals surface area contributed by atoms with Crippen LogP contribution in [0.3, 0.4) is 0 Å². The van der Waals surface area contributed by atoms with Gasteiger partial charge >= 0.3 is 6.16 Å². The quantitative estimate of drug-likeness (QED) is 0.0930. The van der Waals surface area contributed by atoms with Gasteiger partial charge in [0, 0.05) is 0 Å². The largest absolute Gasteiger partial charge is 0.508 e. The molecule has 30 heavy (non-hydrogen) atoms. The third-order valence-electron chi connectivity index (χ3n) is 5.59. The maximum absolute atomic E-state index is 11.5. The van der Waals surface area contributed by atoms with Gasteiger partial charge in [0.15, 0.2) is 0 Å². The Labute approximate surface area is 188 Å². The van der Waals surface area contributed by atoms with Crippen molar-refractivity contribution < 1.29 is 14.3 Å². The van der Waals surface area contributed by atoms with E-state index in [1.807, 2.05) is 0 Å². The maximum atomic E-state index is 11.5. The average molecular weight is 425 g/mol. The predicted molar refractivity (Wildman–Crippen MR) is 130 cm³/mol. The first kappa shape index (κ1) is 29.0. The Morgan fingerprint density at radius 2 is 0.833 bits per heavy atom. The second kappa shape index (κ2) is 26.0. The van der Waals surface area contributed by atoms with E-state index in [0.29, 0.717) is 13.2 Å². The zero-order valence-electron chi connectivity index (χ0n) is 20.4. The standard InChI is InChI=1S/C27H52O3/c1-3-5-7-9-11-12-13-14-15-16-17-18-19-20-22-24-26-30-27(28)29-25-23-21-10-8-6-4-2/h14-15H,3-13,16-26H2,1-2H3/b15-14-. The molecule has 0 N–H and O–H groups in total. The van der Waals surface area contributed by atoms with Crippen LogP contribution < -0.4 is 0 Å². The summed E-state index contributed by atoms with van der Waals surface area (Å²) in [6.07, 6.45) is 29.4. The van der Waals surface area contributed by atoms with E-state index in [1.165, 1.54) is 103 Å². The molecule has 0 fully saturated rings. The molecule has 0 heterocycles. The topological polar surface area (TPSA) is 35.5 Å². The third kappa shape index (κ3) is 25.0. The first-order valence-corrected chi connectivity index (χ1v) is 13.3. The van der Waals surface area contributed by atoms with Crippen molar-refractivity contribution in [3.8, 4) is 0 Å². The molecule has 0 saturated carbocycles. The Balaban J connectivity index is 3.18. The molecule has 0 atom stereocenters. The number of allylic oxidation sites excluding steroid dienone is 2. The molecule has 0 rings (SSSR count). The lowest BCUT2D eigenvalue weighted by molar-refractivity contribution is 0.0529. The first-order chi connectivity index (χ1) is 14.8. The van der Waals surface area contributed by atoms with Gasteiger partial charge in [0.25, 0.3) is 0 Å². The van der Waals surface area contributed by atoms with Crippen molar-refractivity contribution in [2.75, 3.05) is 13.2 Å². The second-order valence-electron chi connectivity index (χ2n) is 8.65. The molecule has 3 heteroatoms. The van der Waals surface area contributed by atoms with Crippen LogP contribution in [0.25, 0.3) is 0 Å². The van der Waals surface area contributed by atoms with Crippen molar-refractivity contribution in [2.45, 2.75) is 142 Å². The maximum Gasteiger partial charge on any atom is 0.508 e. The highest BCUT2D eigenvalue weighted by atomic mass is 16.7. The Morgan fingerprint density at radius 1 is 0.500 bits per heavy atom. The normalized spacial score (nSPS) is 11.3. The van der Waals surface area contributed by atoms with Gasteiger partial charge < -0.3 is 9.47 Å². The summed E-state index contributed by atoms with van der Waals surface area (Å²) in [4.78, 5) is 11.5. The molecule has 0 aromatic carbocycles. The van der Waals surface area contributed by atoms with Gasteiger partial charge in [0.2, 0.25) is 0 Å². The molecule has 0 unspecified atom stereocenters. The minimum atomic E-state index is -0.490. The van der Waals surface area contributed by atoms with Crippen LogP contribution in [-0.2, 0) is 9.47 Å². The van der Waals surface area contributed by atoms with Gasteiger partial charge in [-0.2, -0.15) is 0 Å². The number of carbonyl (C=O) groups excluding carboxylic acids is 1. The Bertz CT molecular complexity index is 365. The molecule has 0 aromatic rings. The van der Waals surface area contributed by atoms with E-state index in [1.54, 1.807) is 0 Å². The summed E-state index contributed by atoms with van der Waals surface area (Å²) in [7, 11) is 0. The van der Waals surface area contributed by atoms with Crippen LogP contribution in [0.15, 0.2) is 12.2 Å². The highest BCUT2D eigenvalue weighted by molar-refractivity contribution is 5.59. The summed E-state index contributed by atoms with van der Waals surface area (Å²) in [5.41, 5.74) is 0. The number of rotatable bonds is 23. The van der Waals surface area contributed by atoms with E-state index >= 15 is 0 Å². The lowest BCUT2D eigenvalue weighted by Crippen LogP contribution is -2.09. The van der Waals surface area contributed by atoms with Crippen molar-refractivity contribution in [3.05, 3.63) is 12.2 Å². The zero-order chi connectivity index (χ0) is 22.0. The van der Waals surface area contributed by atoms with Crippen LogP contribution in [0.2, 0.25) is 0 Å². The Hall–Kier alpha value is -0.990. The molecule has 0 aromatic heterocycles. The van der Waals surface area contributed by atoms with Crippen molar-refractivity contribution in [1.82, 2.24) is 0 Å². The number of unbranched alkanes of at least 4 members (excludes halogenated alkanes) is 17. The van der Waals surface area contributed by atoms with Crippen LogP contribution in [0, 0.1) is 0 Å². The number of hydrogen-bond acceptors (Lipinski definition) is 3. The average Bonchev–Trinajstić information content (AvgIpc) is 2.75. The SMILES string of the molecule is CCCCCCCC/C=C\CCCCCCCCOC(=O)OCCCCCCCC.